The molecule has 0 bridgehead atoms. The van der Waals surface area contributed by atoms with E-state index in [0.29, 0.717) is 18.7 Å². The SMILES string of the molecule is C=CCN(CC(=O)N1CCc2sccc2C1c1ccccc1)C(=O)c1cccc(Br)c1. The van der Waals surface area contributed by atoms with E-state index in [-0.39, 0.29) is 24.4 Å². The van der Waals surface area contributed by atoms with Crippen molar-refractivity contribution in [3.8, 4) is 0 Å². The highest BCUT2D eigenvalue weighted by atomic mass is 79.9. The number of rotatable bonds is 6. The fourth-order valence-electron chi connectivity index (χ4n) is 4.01. The van der Waals surface area contributed by atoms with Gasteiger partial charge in [-0.1, -0.05) is 58.4 Å². The minimum atomic E-state index is -0.181. The maximum absolute atomic E-state index is 13.5. The molecule has 0 spiro atoms. The molecule has 0 fully saturated rings. The van der Waals surface area contributed by atoms with Crippen LogP contribution in [0.5, 0.6) is 0 Å². The van der Waals surface area contributed by atoms with Crippen LogP contribution in [0.25, 0.3) is 0 Å². The van der Waals surface area contributed by atoms with E-state index < -0.39 is 0 Å². The molecule has 2 aromatic carbocycles. The van der Waals surface area contributed by atoms with Crippen LogP contribution in [-0.2, 0) is 11.2 Å². The number of benzene rings is 2. The minimum Gasteiger partial charge on any atom is -0.330 e. The molecule has 3 aromatic rings. The molecule has 1 aliphatic heterocycles. The van der Waals surface area contributed by atoms with Gasteiger partial charge in [-0.05, 0) is 47.2 Å². The fraction of sp³-hybridized carbons (Fsp3) is 0.200. The van der Waals surface area contributed by atoms with Gasteiger partial charge in [-0.3, -0.25) is 9.59 Å². The Kier molecular flexibility index (Phi) is 6.68. The van der Waals surface area contributed by atoms with Crippen molar-refractivity contribution < 1.29 is 9.59 Å². The van der Waals surface area contributed by atoms with Gasteiger partial charge in [0.25, 0.3) is 5.91 Å². The average Bonchev–Trinajstić information content (AvgIpc) is 3.27. The van der Waals surface area contributed by atoms with Gasteiger partial charge in [-0.25, -0.2) is 0 Å². The maximum Gasteiger partial charge on any atom is 0.254 e. The van der Waals surface area contributed by atoms with Gasteiger partial charge in [0, 0.05) is 28.0 Å². The lowest BCUT2D eigenvalue weighted by Gasteiger charge is -2.37. The van der Waals surface area contributed by atoms with Gasteiger partial charge in [0.15, 0.2) is 0 Å². The first kappa shape index (κ1) is 21.5. The summed E-state index contributed by atoms with van der Waals surface area (Å²) >= 11 is 5.16. The maximum atomic E-state index is 13.5. The zero-order chi connectivity index (χ0) is 21.8. The second-order valence-electron chi connectivity index (χ2n) is 7.43. The molecule has 1 aliphatic rings. The Morgan fingerprint density at radius 1 is 1.16 bits per heavy atom. The van der Waals surface area contributed by atoms with Crippen molar-refractivity contribution in [1.82, 2.24) is 9.80 Å². The Hall–Kier alpha value is -2.70. The molecule has 0 aliphatic carbocycles. The van der Waals surface area contributed by atoms with Gasteiger partial charge in [-0.2, -0.15) is 0 Å². The van der Waals surface area contributed by atoms with Crippen LogP contribution in [-0.4, -0.2) is 41.2 Å². The zero-order valence-corrected chi connectivity index (χ0v) is 19.4. The molecule has 31 heavy (non-hydrogen) atoms. The van der Waals surface area contributed by atoms with Crippen molar-refractivity contribution in [1.29, 1.82) is 0 Å². The number of carbonyl (C=O) groups excluding carboxylic acids is 2. The third-order valence-corrected chi connectivity index (χ3v) is 6.93. The molecular weight excluding hydrogens is 472 g/mol. The topological polar surface area (TPSA) is 40.6 Å². The number of halogens is 1. The summed E-state index contributed by atoms with van der Waals surface area (Å²) in [4.78, 5) is 31.4. The van der Waals surface area contributed by atoms with Gasteiger partial charge >= 0.3 is 0 Å². The Morgan fingerprint density at radius 3 is 2.71 bits per heavy atom. The summed E-state index contributed by atoms with van der Waals surface area (Å²) < 4.78 is 0.827. The number of fused-ring (bicyclic) bond motifs is 1. The van der Waals surface area contributed by atoms with E-state index in [2.05, 4.69) is 46.1 Å². The van der Waals surface area contributed by atoms with Crippen LogP contribution in [0.4, 0.5) is 0 Å². The van der Waals surface area contributed by atoms with Gasteiger partial charge in [0.2, 0.25) is 5.91 Å². The fourth-order valence-corrected chi connectivity index (χ4v) is 5.32. The largest absolute Gasteiger partial charge is 0.330 e. The van der Waals surface area contributed by atoms with Crippen LogP contribution in [0, 0.1) is 0 Å². The van der Waals surface area contributed by atoms with Crippen molar-refractivity contribution in [3.05, 3.63) is 105 Å². The molecule has 0 radical (unpaired) electrons. The minimum absolute atomic E-state index is 0.0141. The number of hydrogen-bond acceptors (Lipinski definition) is 3. The number of hydrogen-bond donors (Lipinski definition) is 0. The smallest absolute Gasteiger partial charge is 0.254 e. The quantitative estimate of drug-likeness (QED) is 0.435. The Balaban J connectivity index is 1.60. The van der Waals surface area contributed by atoms with E-state index in [0.717, 1.165) is 16.5 Å². The second kappa shape index (κ2) is 9.62. The van der Waals surface area contributed by atoms with Gasteiger partial charge in [0.1, 0.15) is 6.54 Å². The molecule has 6 heteroatoms. The molecule has 1 atom stereocenters. The van der Waals surface area contributed by atoms with Crippen molar-refractivity contribution in [2.24, 2.45) is 0 Å². The molecule has 158 valence electrons. The first-order valence-corrected chi connectivity index (χ1v) is 11.8. The van der Waals surface area contributed by atoms with E-state index in [9.17, 15) is 9.59 Å². The van der Waals surface area contributed by atoms with Gasteiger partial charge < -0.3 is 9.80 Å². The second-order valence-corrected chi connectivity index (χ2v) is 9.35. The summed E-state index contributed by atoms with van der Waals surface area (Å²) in [5, 5.41) is 2.09. The number of thiophene rings is 1. The standard InChI is InChI=1S/C25H23BrN2O2S/c1-2-13-27(25(30)19-9-6-10-20(26)16-19)17-23(29)28-14-11-22-21(12-15-31-22)24(28)18-7-4-3-5-8-18/h2-10,12,15-16,24H,1,11,13-14,17H2. The predicted molar refractivity (Wildman–Crippen MR) is 128 cm³/mol. The number of carbonyl (C=O) groups is 2. The lowest BCUT2D eigenvalue weighted by Crippen LogP contribution is -2.46. The Morgan fingerprint density at radius 2 is 1.97 bits per heavy atom. The molecule has 2 heterocycles. The molecule has 1 unspecified atom stereocenters. The van der Waals surface area contributed by atoms with E-state index in [4.69, 9.17) is 0 Å². The third-order valence-electron chi connectivity index (χ3n) is 5.44. The van der Waals surface area contributed by atoms with Crippen molar-refractivity contribution in [2.45, 2.75) is 12.5 Å². The summed E-state index contributed by atoms with van der Waals surface area (Å²) in [7, 11) is 0. The molecule has 0 N–H and O–H groups in total. The average molecular weight is 495 g/mol. The van der Waals surface area contributed by atoms with Crippen LogP contribution in [0.1, 0.15) is 32.4 Å². The lowest BCUT2D eigenvalue weighted by atomic mass is 9.93. The number of nitrogens with zero attached hydrogens (tertiary/aromatic N) is 2. The first-order chi connectivity index (χ1) is 15.1. The normalized spacial score (nSPS) is 15.3. The van der Waals surface area contributed by atoms with E-state index >= 15 is 0 Å². The summed E-state index contributed by atoms with van der Waals surface area (Å²) in [5.41, 5.74) is 2.82. The summed E-state index contributed by atoms with van der Waals surface area (Å²) in [6.45, 7) is 4.73. The first-order valence-electron chi connectivity index (χ1n) is 10.1. The molecule has 0 saturated heterocycles. The lowest BCUT2D eigenvalue weighted by molar-refractivity contribution is -0.133. The summed E-state index contributed by atoms with van der Waals surface area (Å²) in [6.07, 6.45) is 2.49. The molecule has 0 saturated carbocycles. The molecule has 2 amide bonds. The highest BCUT2D eigenvalue weighted by Gasteiger charge is 2.33. The van der Waals surface area contributed by atoms with Crippen LogP contribution < -0.4 is 0 Å². The molecule has 4 rings (SSSR count). The molecule has 1 aromatic heterocycles. The molecule has 4 nitrogen and oxygen atoms in total. The van der Waals surface area contributed by atoms with Crippen molar-refractivity contribution >= 4 is 39.1 Å². The van der Waals surface area contributed by atoms with E-state index in [1.807, 2.05) is 35.2 Å². The van der Waals surface area contributed by atoms with Crippen molar-refractivity contribution in [2.75, 3.05) is 19.6 Å². The number of amides is 2. The predicted octanol–water partition coefficient (Wildman–Crippen LogP) is 5.31. The van der Waals surface area contributed by atoms with Gasteiger partial charge in [-0.15, -0.1) is 17.9 Å². The highest BCUT2D eigenvalue weighted by molar-refractivity contribution is 9.10. The van der Waals surface area contributed by atoms with Crippen LogP contribution in [0.2, 0.25) is 0 Å². The zero-order valence-electron chi connectivity index (χ0n) is 17.0. The van der Waals surface area contributed by atoms with Crippen molar-refractivity contribution in [3.63, 3.8) is 0 Å². The van der Waals surface area contributed by atoms with E-state index in [1.165, 1.54) is 10.4 Å². The summed E-state index contributed by atoms with van der Waals surface area (Å²) in [6, 6.07) is 19.3. The third kappa shape index (κ3) is 4.65. The Labute approximate surface area is 194 Å². The van der Waals surface area contributed by atoms with Gasteiger partial charge in [0.05, 0.1) is 6.04 Å². The van der Waals surface area contributed by atoms with Crippen LogP contribution in [0.3, 0.4) is 0 Å². The van der Waals surface area contributed by atoms with Crippen LogP contribution >= 0.6 is 27.3 Å². The summed E-state index contributed by atoms with van der Waals surface area (Å²) in [5.74, 6) is -0.241. The monoisotopic (exact) mass is 494 g/mol. The van der Waals surface area contributed by atoms with Crippen LogP contribution in [0.15, 0.2) is 83.2 Å². The Bertz CT molecular complexity index is 1100. The molecular formula is C25H23BrN2O2S. The van der Waals surface area contributed by atoms with E-state index in [1.54, 1.807) is 34.4 Å². The highest BCUT2D eigenvalue weighted by Crippen LogP contribution is 2.37.